The maximum absolute atomic E-state index is 12.2. The second kappa shape index (κ2) is 8.59. The summed E-state index contributed by atoms with van der Waals surface area (Å²) in [5.74, 6) is 0.514. The van der Waals surface area contributed by atoms with Gasteiger partial charge in [0.25, 0.3) is 0 Å². The average Bonchev–Trinajstić information content (AvgIpc) is 2.81. The second-order valence-corrected chi connectivity index (χ2v) is 7.02. The number of rotatable bonds is 7. The van der Waals surface area contributed by atoms with Crippen molar-refractivity contribution in [3.8, 4) is 0 Å². The maximum atomic E-state index is 12.2. The Balaban J connectivity index is 2.29. The topological polar surface area (TPSA) is 50.8 Å². The van der Waals surface area contributed by atoms with Gasteiger partial charge in [-0.3, -0.25) is 0 Å². The number of hydrogen-bond acceptors (Lipinski definition) is 4. The maximum Gasteiger partial charge on any atom is 0.410 e. The van der Waals surface area contributed by atoms with E-state index in [1.165, 1.54) is 0 Å². The molecule has 0 aliphatic carbocycles. The van der Waals surface area contributed by atoms with Crippen LogP contribution in [-0.4, -0.2) is 56.0 Å². The van der Waals surface area contributed by atoms with Gasteiger partial charge in [-0.25, -0.2) is 4.79 Å². The van der Waals surface area contributed by atoms with Crippen LogP contribution in [0.25, 0.3) is 0 Å². The Labute approximate surface area is 129 Å². The first-order chi connectivity index (χ1) is 9.83. The van der Waals surface area contributed by atoms with Crippen LogP contribution in [-0.2, 0) is 9.47 Å². The predicted molar refractivity (Wildman–Crippen MR) is 84.5 cm³/mol. The first kappa shape index (κ1) is 18.2. The lowest BCUT2D eigenvalue weighted by atomic mass is 10.1. The molecule has 0 spiro atoms. The van der Waals surface area contributed by atoms with Gasteiger partial charge in [-0.2, -0.15) is 0 Å². The molecule has 1 fully saturated rings. The zero-order valence-corrected chi connectivity index (χ0v) is 14.3. The highest BCUT2D eigenvalue weighted by Crippen LogP contribution is 2.22. The van der Waals surface area contributed by atoms with Gasteiger partial charge in [0.1, 0.15) is 5.60 Å². The summed E-state index contributed by atoms with van der Waals surface area (Å²) in [6.45, 7) is 11.4. The summed E-state index contributed by atoms with van der Waals surface area (Å²) in [5, 5.41) is 3.45. The summed E-state index contributed by atoms with van der Waals surface area (Å²) < 4.78 is 10.6. The monoisotopic (exact) mass is 300 g/mol. The summed E-state index contributed by atoms with van der Waals surface area (Å²) in [6, 6.07) is 0.310. The number of carbonyl (C=O) groups is 1. The van der Waals surface area contributed by atoms with E-state index in [-0.39, 0.29) is 6.09 Å². The van der Waals surface area contributed by atoms with Crippen molar-refractivity contribution in [3.05, 3.63) is 0 Å². The first-order valence-corrected chi connectivity index (χ1v) is 8.02. The predicted octanol–water partition coefficient (Wildman–Crippen LogP) is 2.65. The van der Waals surface area contributed by atoms with Crippen molar-refractivity contribution in [1.29, 1.82) is 0 Å². The van der Waals surface area contributed by atoms with Crippen molar-refractivity contribution in [1.82, 2.24) is 10.2 Å². The lowest BCUT2D eigenvalue weighted by Crippen LogP contribution is -2.41. The minimum atomic E-state index is -0.419. The van der Waals surface area contributed by atoms with Crippen LogP contribution in [0.15, 0.2) is 0 Å². The van der Waals surface area contributed by atoms with Crippen LogP contribution in [0.3, 0.4) is 0 Å². The SMILES string of the molecule is COCC(C)CNCCC1CCCN1C(=O)OC(C)(C)C. The molecule has 0 aromatic carbocycles. The molecule has 0 saturated carbocycles. The number of likely N-dealkylation sites (tertiary alicyclic amines) is 1. The summed E-state index contributed by atoms with van der Waals surface area (Å²) in [4.78, 5) is 14.1. The highest BCUT2D eigenvalue weighted by atomic mass is 16.6. The van der Waals surface area contributed by atoms with Crippen molar-refractivity contribution < 1.29 is 14.3 Å². The van der Waals surface area contributed by atoms with E-state index in [0.717, 1.165) is 45.5 Å². The minimum absolute atomic E-state index is 0.169. The molecular weight excluding hydrogens is 268 g/mol. The van der Waals surface area contributed by atoms with Crippen LogP contribution in [0.4, 0.5) is 4.79 Å². The highest BCUT2D eigenvalue weighted by Gasteiger charge is 2.31. The molecule has 1 heterocycles. The Kier molecular flexibility index (Phi) is 7.46. The van der Waals surface area contributed by atoms with E-state index in [1.54, 1.807) is 7.11 Å². The van der Waals surface area contributed by atoms with Crippen molar-refractivity contribution in [2.45, 2.75) is 58.6 Å². The molecule has 5 nitrogen and oxygen atoms in total. The van der Waals surface area contributed by atoms with E-state index >= 15 is 0 Å². The van der Waals surface area contributed by atoms with Crippen LogP contribution in [0, 0.1) is 5.92 Å². The number of ether oxygens (including phenoxy) is 2. The van der Waals surface area contributed by atoms with Crippen LogP contribution in [0.2, 0.25) is 0 Å². The molecule has 124 valence electrons. The second-order valence-electron chi connectivity index (χ2n) is 7.02. The molecular formula is C16H32N2O3. The quantitative estimate of drug-likeness (QED) is 0.734. The molecule has 1 saturated heterocycles. The fourth-order valence-corrected chi connectivity index (χ4v) is 2.66. The van der Waals surface area contributed by atoms with Gasteiger partial charge in [0.2, 0.25) is 0 Å². The Morgan fingerprint density at radius 1 is 1.43 bits per heavy atom. The minimum Gasteiger partial charge on any atom is -0.444 e. The normalized spacial score (nSPS) is 20.6. The molecule has 1 aliphatic heterocycles. The molecule has 0 aromatic heterocycles. The summed E-state index contributed by atoms with van der Waals surface area (Å²) in [5.41, 5.74) is -0.419. The number of nitrogens with zero attached hydrogens (tertiary/aromatic N) is 1. The molecule has 0 aromatic rings. The van der Waals surface area contributed by atoms with Gasteiger partial charge in [-0.15, -0.1) is 0 Å². The van der Waals surface area contributed by atoms with Crippen LogP contribution < -0.4 is 5.32 Å². The zero-order valence-electron chi connectivity index (χ0n) is 14.3. The number of amides is 1. The molecule has 0 bridgehead atoms. The Morgan fingerprint density at radius 2 is 2.14 bits per heavy atom. The largest absolute Gasteiger partial charge is 0.444 e. The van der Waals surface area contributed by atoms with Gasteiger partial charge in [0.05, 0.1) is 0 Å². The van der Waals surface area contributed by atoms with Gasteiger partial charge < -0.3 is 19.7 Å². The zero-order chi connectivity index (χ0) is 15.9. The van der Waals surface area contributed by atoms with Crippen LogP contribution >= 0.6 is 0 Å². The number of nitrogens with one attached hydrogen (secondary N) is 1. The number of hydrogen-bond donors (Lipinski definition) is 1. The molecule has 2 atom stereocenters. The third-order valence-electron chi connectivity index (χ3n) is 3.60. The number of carbonyl (C=O) groups excluding carboxylic acids is 1. The Bertz CT molecular complexity index is 315. The van der Waals surface area contributed by atoms with Crippen molar-refractivity contribution in [3.63, 3.8) is 0 Å². The summed E-state index contributed by atoms with van der Waals surface area (Å²) in [6.07, 6.45) is 2.97. The molecule has 5 heteroatoms. The van der Waals surface area contributed by atoms with Gasteiger partial charge in [0, 0.05) is 26.3 Å². The van der Waals surface area contributed by atoms with E-state index < -0.39 is 5.60 Å². The lowest BCUT2D eigenvalue weighted by Gasteiger charge is -2.28. The van der Waals surface area contributed by atoms with E-state index in [9.17, 15) is 4.79 Å². The van der Waals surface area contributed by atoms with E-state index in [2.05, 4.69) is 12.2 Å². The smallest absolute Gasteiger partial charge is 0.410 e. The van der Waals surface area contributed by atoms with E-state index in [4.69, 9.17) is 9.47 Å². The fourth-order valence-electron chi connectivity index (χ4n) is 2.66. The Morgan fingerprint density at radius 3 is 2.76 bits per heavy atom. The van der Waals surface area contributed by atoms with Crippen LogP contribution in [0.1, 0.15) is 47.0 Å². The van der Waals surface area contributed by atoms with Gasteiger partial charge in [0.15, 0.2) is 0 Å². The van der Waals surface area contributed by atoms with E-state index in [1.807, 2.05) is 25.7 Å². The molecule has 21 heavy (non-hydrogen) atoms. The van der Waals surface area contributed by atoms with Crippen molar-refractivity contribution >= 4 is 6.09 Å². The molecule has 1 amide bonds. The molecule has 1 rings (SSSR count). The van der Waals surface area contributed by atoms with Gasteiger partial charge in [-0.05, 0) is 59.0 Å². The highest BCUT2D eigenvalue weighted by molar-refractivity contribution is 5.68. The molecule has 1 N–H and O–H groups in total. The van der Waals surface area contributed by atoms with Crippen molar-refractivity contribution in [2.24, 2.45) is 5.92 Å². The number of methoxy groups -OCH3 is 1. The summed E-state index contributed by atoms with van der Waals surface area (Å²) >= 11 is 0. The molecule has 0 radical (unpaired) electrons. The third-order valence-corrected chi connectivity index (χ3v) is 3.60. The Hall–Kier alpha value is -0.810. The molecule has 2 unspecified atom stereocenters. The molecule has 1 aliphatic rings. The summed E-state index contributed by atoms with van der Waals surface area (Å²) in [7, 11) is 1.73. The van der Waals surface area contributed by atoms with Gasteiger partial charge in [-0.1, -0.05) is 6.92 Å². The van der Waals surface area contributed by atoms with Crippen LogP contribution in [0.5, 0.6) is 0 Å². The fraction of sp³-hybridized carbons (Fsp3) is 0.938. The van der Waals surface area contributed by atoms with Crippen molar-refractivity contribution in [2.75, 3.05) is 33.4 Å². The van der Waals surface area contributed by atoms with E-state index in [0.29, 0.717) is 12.0 Å². The third kappa shape index (κ3) is 7.14. The average molecular weight is 300 g/mol. The standard InChI is InChI=1S/C16H32N2O3/c1-13(12-20-5)11-17-9-8-14-7-6-10-18(14)15(19)21-16(2,3)4/h13-14,17H,6-12H2,1-5H3. The first-order valence-electron chi connectivity index (χ1n) is 8.02. The van der Waals surface area contributed by atoms with Gasteiger partial charge >= 0.3 is 6.09 Å². The lowest BCUT2D eigenvalue weighted by molar-refractivity contribution is 0.0220.